The van der Waals surface area contributed by atoms with Gasteiger partial charge in [-0.25, -0.2) is 8.42 Å². The van der Waals surface area contributed by atoms with Crippen LogP contribution in [0, 0.1) is 0 Å². The van der Waals surface area contributed by atoms with Crippen molar-refractivity contribution in [1.29, 1.82) is 0 Å². The summed E-state index contributed by atoms with van der Waals surface area (Å²) in [6.07, 6.45) is 0. The molecule has 0 aliphatic carbocycles. The number of sulfonamides is 1. The Morgan fingerprint density at radius 3 is 2.22 bits per heavy atom. The van der Waals surface area contributed by atoms with Crippen molar-refractivity contribution in [2.24, 2.45) is 0 Å². The minimum absolute atomic E-state index is 0.0782. The van der Waals surface area contributed by atoms with E-state index in [1.54, 1.807) is 25.3 Å². The summed E-state index contributed by atoms with van der Waals surface area (Å²) < 4.78 is 33.8. The molecular formula is C24H25BrN2O4S. The molecule has 6 nitrogen and oxygen atoms in total. The number of halogens is 1. The molecule has 0 aliphatic heterocycles. The van der Waals surface area contributed by atoms with Gasteiger partial charge < -0.3 is 10.1 Å². The van der Waals surface area contributed by atoms with E-state index in [0.29, 0.717) is 0 Å². The number of nitrogens with one attached hydrogen (secondary N) is 1. The predicted molar refractivity (Wildman–Crippen MR) is 128 cm³/mol. The van der Waals surface area contributed by atoms with Crippen molar-refractivity contribution in [3.8, 4) is 5.75 Å². The number of benzene rings is 3. The van der Waals surface area contributed by atoms with Crippen molar-refractivity contribution in [2.75, 3.05) is 13.7 Å². The van der Waals surface area contributed by atoms with Gasteiger partial charge in [-0.2, -0.15) is 4.31 Å². The summed E-state index contributed by atoms with van der Waals surface area (Å²) in [6, 6.07) is 22.6. The molecule has 3 rings (SSSR count). The van der Waals surface area contributed by atoms with Gasteiger partial charge in [-0.1, -0.05) is 58.4 Å². The third kappa shape index (κ3) is 6.18. The van der Waals surface area contributed by atoms with Crippen LogP contribution in [0.15, 0.2) is 88.2 Å². The summed E-state index contributed by atoms with van der Waals surface area (Å²) in [5, 5.41) is 2.89. The molecule has 0 saturated heterocycles. The van der Waals surface area contributed by atoms with E-state index in [4.69, 9.17) is 4.74 Å². The molecule has 0 unspecified atom stereocenters. The Kier molecular flexibility index (Phi) is 8.06. The summed E-state index contributed by atoms with van der Waals surface area (Å²) in [6.45, 7) is 1.63. The lowest BCUT2D eigenvalue weighted by molar-refractivity contribution is -0.122. The topological polar surface area (TPSA) is 75.7 Å². The van der Waals surface area contributed by atoms with Gasteiger partial charge in [0.2, 0.25) is 15.9 Å². The molecule has 8 heteroatoms. The van der Waals surface area contributed by atoms with Crippen LogP contribution in [0.3, 0.4) is 0 Å². The largest absolute Gasteiger partial charge is 0.497 e. The van der Waals surface area contributed by atoms with E-state index in [1.165, 1.54) is 16.4 Å². The molecule has 1 N–H and O–H groups in total. The zero-order valence-corrected chi connectivity index (χ0v) is 20.3. The van der Waals surface area contributed by atoms with Crippen LogP contribution < -0.4 is 10.1 Å². The third-order valence-corrected chi connectivity index (χ3v) is 7.30. The Labute approximate surface area is 197 Å². The molecule has 3 aromatic rings. The Hall–Kier alpha value is -2.68. The van der Waals surface area contributed by atoms with Gasteiger partial charge >= 0.3 is 0 Å². The number of ether oxygens (including phenoxy) is 1. The highest BCUT2D eigenvalue weighted by Gasteiger charge is 2.27. The van der Waals surface area contributed by atoms with Crippen LogP contribution in [0.5, 0.6) is 5.75 Å². The second-order valence-electron chi connectivity index (χ2n) is 7.27. The Morgan fingerprint density at radius 1 is 1.00 bits per heavy atom. The van der Waals surface area contributed by atoms with E-state index >= 15 is 0 Å². The first-order chi connectivity index (χ1) is 15.3. The average molecular weight is 517 g/mol. The van der Waals surface area contributed by atoms with E-state index in [1.807, 2.05) is 55.5 Å². The molecule has 0 bridgehead atoms. The Morgan fingerprint density at radius 2 is 1.62 bits per heavy atom. The van der Waals surface area contributed by atoms with Crippen LogP contribution in [-0.4, -0.2) is 32.3 Å². The van der Waals surface area contributed by atoms with Crippen molar-refractivity contribution < 1.29 is 17.9 Å². The predicted octanol–water partition coefficient (Wildman–Crippen LogP) is 4.53. The molecule has 0 aromatic heterocycles. The molecular weight excluding hydrogens is 492 g/mol. The summed E-state index contributed by atoms with van der Waals surface area (Å²) in [4.78, 5) is 13.0. The summed E-state index contributed by atoms with van der Waals surface area (Å²) >= 11 is 3.38. The van der Waals surface area contributed by atoms with Gasteiger partial charge in [-0.15, -0.1) is 0 Å². The smallest absolute Gasteiger partial charge is 0.243 e. The van der Waals surface area contributed by atoms with Crippen LogP contribution in [0.2, 0.25) is 0 Å². The quantitative estimate of drug-likeness (QED) is 0.453. The van der Waals surface area contributed by atoms with Crippen LogP contribution in [-0.2, 0) is 21.4 Å². The van der Waals surface area contributed by atoms with Gasteiger partial charge in [0.1, 0.15) is 5.75 Å². The van der Waals surface area contributed by atoms with Crippen LogP contribution in [0.25, 0.3) is 0 Å². The number of rotatable bonds is 9. The highest BCUT2D eigenvalue weighted by atomic mass is 79.9. The van der Waals surface area contributed by atoms with Gasteiger partial charge in [-0.05, 0) is 54.4 Å². The van der Waals surface area contributed by atoms with Gasteiger partial charge in [-0.3, -0.25) is 4.79 Å². The maximum atomic E-state index is 13.3. The normalized spacial score (nSPS) is 12.4. The van der Waals surface area contributed by atoms with Gasteiger partial charge in [0.15, 0.2) is 0 Å². The molecule has 1 atom stereocenters. The number of carbonyl (C=O) groups is 1. The van der Waals surface area contributed by atoms with E-state index in [9.17, 15) is 13.2 Å². The average Bonchev–Trinajstić information content (AvgIpc) is 2.80. The first kappa shape index (κ1) is 24.0. The second-order valence-corrected chi connectivity index (χ2v) is 10.1. The standard InChI is InChI=1S/C24H25BrN2O4S/c1-18(20-10-14-22(31-2)15-11-20)26-24(28)17-27(16-19-8-12-21(25)13-9-19)32(29,30)23-6-4-3-5-7-23/h3-15,18H,16-17H2,1-2H3,(H,26,28)/t18-/m0/s1. The van der Waals surface area contributed by atoms with Crippen molar-refractivity contribution in [2.45, 2.75) is 24.4 Å². The van der Waals surface area contributed by atoms with Crippen molar-refractivity contribution >= 4 is 31.9 Å². The van der Waals surface area contributed by atoms with Gasteiger partial charge in [0.25, 0.3) is 0 Å². The fraction of sp³-hybridized carbons (Fsp3) is 0.208. The number of carbonyl (C=O) groups excluding carboxylic acids is 1. The van der Waals surface area contributed by atoms with E-state index < -0.39 is 10.0 Å². The van der Waals surface area contributed by atoms with Crippen LogP contribution in [0.4, 0.5) is 0 Å². The lowest BCUT2D eigenvalue weighted by Crippen LogP contribution is -2.41. The van der Waals surface area contributed by atoms with Crippen molar-refractivity contribution in [1.82, 2.24) is 9.62 Å². The summed E-state index contributed by atoms with van der Waals surface area (Å²) in [5.74, 6) is 0.340. The summed E-state index contributed by atoms with van der Waals surface area (Å²) in [5.41, 5.74) is 1.67. The number of nitrogens with zero attached hydrogens (tertiary/aromatic N) is 1. The molecule has 0 aliphatic rings. The molecule has 0 fully saturated rings. The van der Waals surface area contributed by atoms with Crippen LogP contribution in [0.1, 0.15) is 24.1 Å². The van der Waals surface area contributed by atoms with Gasteiger partial charge in [0, 0.05) is 11.0 Å². The first-order valence-electron chi connectivity index (χ1n) is 10.0. The monoisotopic (exact) mass is 516 g/mol. The number of hydrogen-bond acceptors (Lipinski definition) is 4. The first-order valence-corrected chi connectivity index (χ1v) is 12.3. The fourth-order valence-corrected chi connectivity index (χ4v) is 4.85. The molecule has 0 heterocycles. The van der Waals surface area contributed by atoms with E-state index in [2.05, 4.69) is 21.2 Å². The molecule has 1 amide bonds. The highest BCUT2D eigenvalue weighted by molar-refractivity contribution is 9.10. The zero-order chi connectivity index (χ0) is 23.1. The molecule has 32 heavy (non-hydrogen) atoms. The lowest BCUT2D eigenvalue weighted by atomic mass is 10.1. The zero-order valence-electron chi connectivity index (χ0n) is 17.9. The minimum Gasteiger partial charge on any atom is -0.497 e. The maximum absolute atomic E-state index is 13.3. The molecule has 3 aromatic carbocycles. The maximum Gasteiger partial charge on any atom is 0.243 e. The lowest BCUT2D eigenvalue weighted by Gasteiger charge is -2.23. The summed E-state index contributed by atoms with van der Waals surface area (Å²) in [7, 11) is -2.28. The number of hydrogen-bond donors (Lipinski definition) is 1. The third-order valence-electron chi connectivity index (χ3n) is 4.97. The van der Waals surface area contributed by atoms with Crippen molar-refractivity contribution in [3.63, 3.8) is 0 Å². The van der Waals surface area contributed by atoms with Crippen molar-refractivity contribution in [3.05, 3.63) is 94.5 Å². The van der Waals surface area contributed by atoms with Crippen LogP contribution >= 0.6 is 15.9 Å². The molecule has 0 spiro atoms. The number of methoxy groups -OCH3 is 1. The minimum atomic E-state index is -3.87. The molecule has 0 saturated carbocycles. The molecule has 168 valence electrons. The highest BCUT2D eigenvalue weighted by Crippen LogP contribution is 2.21. The second kappa shape index (κ2) is 10.8. The Balaban J connectivity index is 1.79. The fourth-order valence-electron chi connectivity index (χ4n) is 3.18. The molecule has 0 radical (unpaired) electrons. The van der Waals surface area contributed by atoms with E-state index in [0.717, 1.165) is 21.3 Å². The van der Waals surface area contributed by atoms with E-state index in [-0.39, 0.29) is 29.9 Å². The number of amides is 1. The SMILES string of the molecule is COc1ccc([C@H](C)NC(=O)CN(Cc2ccc(Br)cc2)S(=O)(=O)c2ccccc2)cc1. The van der Waals surface area contributed by atoms with Gasteiger partial charge in [0.05, 0.1) is 24.6 Å². The Bertz CT molecular complexity index is 1130.